The van der Waals surface area contributed by atoms with E-state index >= 15 is 0 Å². The SMILES string of the molecule is CCC(C)C(C(CC(=O)N1CCCC1C(OC)C(C)C(=O)NCc1nccs1)OC)N(C)C(=O)CNC. The third-order valence-corrected chi connectivity index (χ3v) is 8.31. The molecular formula is C26H45N5O5S. The Kier molecular flexibility index (Phi) is 12.9. The summed E-state index contributed by atoms with van der Waals surface area (Å²) < 4.78 is 11.6. The van der Waals surface area contributed by atoms with Gasteiger partial charge in [0.1, 0.15) is 5.01 Å². The largest absolute Gasteiger partial charge is 0.379 e. The van der Waals surface area contributed by atoms with Crippen LogP contribution in [0.15, 0.2) is 11.6 Å². The summed E-state index contributed by atoms with van der Waals surface area (Å²) in [6.07, 6.45) is 3.44. The van der Waals surface area contributed by atoms with Crippen molar-refractivity contribution in [2.75, 3.05) is 41.4 Å². The summed E-state index contributed by atoms with van der Waals surface area (Å²) >= 11 is 1.49. The van der Waals surface area contributed by atoms with Gasteiger partial charge in [-0.1, -0.05) is 27.2 Å². The summed E-state index contributed by atoms with van der Waals surface area (Å²) in [4.78, 5) is 47.0. The zero-order valence-corrected chi connectivity index (χ0v) is 24.2. The Bertz CT molecular complexity index is 854. The minimum Gasteiger partial charge on any atom is -0.379 e. The van der Waals surface area contributed by atoms with Crippen molar-refractivity contribution in [2.24, 2.45) is 11.8 Å². The molecule has 0 aromatic carbocycles. The third-order valence-electron chi connectivity index (χ3n) is 7.53. The van der Waals surface area contributed by atoms with Crippen molar-refractivity contribution in [1.82, 2.24) is 25.4 Å². The first-order valence-corrected chi connectivity index (χ1v) is 14.0. The molecule has 1 aliphatic heterocycles. The first-order valence-electron chi connectivity index (χ1n) is 13.1. The average Bonchev–Trinajstić information content (AvgIpc) is 3.59. The number of methoxy groups -OCH3 is 2. The van der Waals surface area contributed by atoms with Crippen molar-refractivity contribution in [2.45, 2.75) is 77.3 Å². The zero-order chi connectivity index (χ0) is 27.5. The number of aromatic nitrogens is 1. The van der Waals surface area contributed by atoms with Crippen LogP contribution in [0.3, 0.4) is 0 Å². The summed E-state index contributed by atoms with van der Waals surface area (Å²) in [5.74, 6) is -0.517. The molecule has 1 fully saturated rings. The van der Waals surface area contributed by atoms with Crippen molar-refractivity contribution in [3.8, 4) is 0 Å². The van der Waals surface area contributed by atoms with Crippen LogP contribution >= 0.6 is 11.3 Å². The lowest BCUT2D eigenvalue weighted by Crippen LogP contribution is -2.54. The van der Waals surface area contributed by atoms with Crippen molar-refractivity contribution >= 4 is 29.1 Å². The fourth-order valence-electron chi connectivity index (χ4n) is 5.27. The first kappa shape index (κ1) is 31.1. The number of rotatable bonds is 15. The van der Waals surface area contributed by atoms with E-state index in [1.54, 1.807) is 39.4 Å². The highest BCUT2D eigenvalue weighted by atomic mass is 32.1. The van der Waals surface area contributed by atoms with Crippen molar-refractivity contribution < 1.29 is 23.9 Å². The molecule has 0 radical (unpaired) electrons. The van der Waals surface area contributed by atoms with E-state index in [4.69, 9.17) is 9.47 Å². The van der Waals surface area contributed by atoms with Crippen molar-refractivity contribution in [3.63, 3.8) is 0 Å². The number of nitrogens with one attached hydrogen (secondary N) is 2. The predicted octanol–water partition coefficient (Wildman–Crippen LogP) is 1.90. The zero-order valence-electron chi connectivity index (χ0n) is 23.4. The van der Waals surface area contributed by atoms with E-state index in [9.17, 15) is 14.4 Å². The van der Waals surface area contributed by atoms with E-state index in [0.29, 0.717) is 13.1 Å². The standard InChI is InChI=1S/C26H45N5O5S/c1-8-17(2)24(30(5)23(33)16-27-4)20(35-6)14-22(32)31-12-9-10-19(31)25(36-7)18(3)26(34)29-15-21-28-11-13-37-21/h11,13,17-20,24-25,27H,8-10,12,14-16H2,1-7H3,(H,29,34). The molecule has 3 amide bonds. The predicted molar refractivity (Wildman–Crippen MR) is 144 cm³/mol. The summed E-state index contributed by atoms with van der Waals surface area (Å²) in [5.41, 5.74) is 0. The minimum absolute atomic E-state index is 0.0432. The summed E-state index contributed by atoms with van der Waals surface area (Å²) in [5, 5.41) is 8.56. The molecule has 2 rings (SSSR count). The van der Waals surface area contributed by atoms with Gasteiger partial charge in [0.15, 0.2) is 0 Å². The van der Waals surface area contributed by atoms with Crippen LogP contribution in [0.5, 0.6) is 0 Å². The van der Waals surface area contributed by atoms with Gasteiger partial charge in [-0.3, -0.25) is 14.4 Å². The quantitative estimate of drug-likeness (QED) is 0.350. The smallest absolute Gasteiger partial charge is 0.236 e. The van der Waals surface area contributed by atoms with Crippen LogP contribution in [0.4, 0.5) is 0 Å². The fraction of sp³-hybridized carbons (Fsp3) is 0.769. The topological polar surface area (TPSA) is 113 Å². The summed E-state index contributed by atoms with van der Waals surface area (Å²) in [7, 11) is 6.70. The molecule has 1 saturated heterocycles. The van der Waals surface area contributed by atoms with Crippen LogP contribution in [-0.2, 0) is 30.4 Å². The van der Waals surface area contributed by atoms with Crippen LogP contribution in [-0.4, -0.2) is 98.2 Å². The molecule has 1 aromatic heterocycles. The second kappa shape index (κ2) is 15.4. The van der Waals surface area contributed by atoms with E-state index in [-0.39, 0.29) is 48.7 Å². The minimum atomic E-state index is -0.450. The van der Waals surface area contributed by atoms with Crippen LogP contribution in [0.1, 0.15) is 51.5 Å². The lowest BCUT2D eigenvalue weighted by atomic mass is 9.90. The number of ether oxygens (including phenoxy) is 2. The molecule has 210 valence electrons. The number of carbonyl (C=O) groups excluding carboxylic acids is 3. The number of carbonyl (C=O) groups is 3. The number of hydrogen-bond acceptors (Lipinski definition) is 8. The maximum atomic E-state index is 13.6. The van der Waals surface area contributed by atoms with E-state index < -0.39 is 18.1 Å². The number of nitrogens with zero attached hydrogens (tertiary/aromatic N) is 3. The molecule has 0 saturated carbocycles. The molecule has 6 atom stereocenters. The fourth-order valence-corrected chi connectivity index (χ4v) is 5.82. The van der Waals surface area contributed by atoms with Gasteiger partial charge in [0.05, 0.1) is 49.7 Å². The van der Waals surface area contributed by atoms with Gasteiger partial charge in [-0.15, -0.1) is 11.3 Å². The summed E-state index contributed by atoms with van der Waals surface area (Å²) in [6.45, 7) is 7.19. The van der Waals surface area contributed by atoms with Crippen molar-refractivity contribution in [3.05, 3.63) is 16.6 Å². The molecule has 1 aliphatic rings. The molecule has 10 nitrogen and oxygen atoms in total. The Balaban J connectivity index is 2.12. The number of hydrogen-bond donors (Lipinski definition) is 2. The third kappa shape index (κ3) is 8.20. The van der Waals surface area contributed by atoms with Crippen LogP contribution in [0.25, 0.3) is 0 Å². The molecule has 1 aromatic rings. The molecule has 37 heavy (non-hydrogen) atoms. The number of likely N-dealkylation sites (N-methyl/N-ethyl adjacent to an activating group) is 2. The van der Waals surface area contributed by atoms with Crippen LogP contribution in [0, 0.1) is 11.8 Å². The van der Waals surface area contributed by atoms with Gasteiger partial charge >= 0.3 is 0 Å². The molecule has 6 unspecified atom stereocenters. The first-order chi connectivity index (χ1) is 17.7. The maximum Gasteiger partial charge on any atom is 0.236 e. The van der Waals surface area contributed by atoms with E-state index in [0.717, 1.165) is 24.3 Å². The van der Waals surface area contributed by atoms with Gasteiger partial charge < -0.3 is 29.9 Å². The van der Waals surface area contributed by atoms with Gasteiger partial charge in [-0.05, 0) is 25.8 Å². The average molecular weight is 540 g/mol. The molecule has 0 aliphatic carbocycles. The molecular weight excluding hydrogens is 494 g/mol. The van der Waals surface area contributed by atoms with Gasteiger partial charge in [-0.2, -0.15) is 0 Å². The lowest BCUT2D eigenvalue weighted by Gasteiger charge is -2.39. The maximum absolute atomic E-state index is 13.6. The Morgan fingerprint density at radius 3 is 2.57 bits per heavy atom. The number of thiazole rings is 1. The molecule has 11 heteroatoms. The van der Waals surface area contributed by atoms with Crippen LogP contribution in [0.2, 0.25) is 0 Å². The van der Waals surface area contributed by atoms with Gasteiger partial charge in [0.2, 0.25) is 17.7 Å². The highest BCUT2D eigenvalue weighted by Gasteiger charge is 2.41. The highest BCUT2D eigenvalue weighted by Crippen LogP contribution is 2.29. The lowest BCUT2D eigenvalue weighted by molar-refractivity contribution is -0.145. The Morgan fingerprint density at radius 2 is 2.00 bits per heavy atom. The second-order valence-electron chi connectivity index (χ2n) is 9.82. The Hall–Kier alpha value is -2.08. The highest BCUT2D eigenvalue weighted by molar-refractivity contribution is 7.09. The Labute approximate surface area is 225 Å². The molecule has 0 spiro atoms. The molecule has 2 N–H and O–H groups in total. The second-order valence-corrected chi connectivity index (χ2v) is 10.8. The summed E-state index contributed by atoms with van der Waals surface area (Å²) in [6, 6.07) is -0.448. The van der Waals surface area contributed by atoms with E-state index in [2.05, 4.69) is 29.5 Å². The Morgan fingerprint density at radius 1 is 1.27 bits per heavy atom. The van der Waals surface area contributed by atoms with Gasteiger partial charge in [0, 0.05) is 39.4 Å². The molecule has 2 heterocycles. The van der Waals surface area contributed by atoms with Crippen molar-refractivity contribution in [1.29, 1.82) is 0 Å². The van der Waals surface area contributed by atoms with Crippen LogP contribution < -0.4 is 10.6 Å². The van der Waals surface area contributed by atoms with Gasteiger partial charge in [0.25, 0.3) is 0 Å². The van der Waals surface area contributed by atoms with E-state index in [1.165, 1.54) is 11.3 Å². The monoisotopic (exact) mass is 539 g/mol. The normalized spacial score (nSPS) is 19.6. The molecule has 0 bridgehead atoms. The number of likely N-dealkylation sites (tertiary alicyclic amines) is 1. The number of amides is 3. The van der Waals surface area contributed by atoms with E-state index in [1.807, 2.05) is 17.2 Å². The van der Waals surface area contributed by atoms with Gasteiger partial charge in [-0.25, -0.2) is 4.98 Å².